The van der Waals surface area contributed by atoms with E-state index in [-0.39, 0.29) is 17.8 Å². The summed E-state index contributed by atoms with van der Waals surface area (Å²) in [6, 6.07) is 2.58. The molecule has 0 unspecified atom stereocenters. The molecule has 0 saturated carbocycles. The molecule has 0 aliphatic rings. The maximum atomic E-state index is 12.5. The SMILES string of the molecule is CCCCOc1cc(C(F)(F)F)ccc1B(O)O. The lowest BCUT2D eigenvalue weighted by Gasteiger charge is -2.14. The number of hydrogen-bond acceptors (Lipinski definition) is 3. The summed E-state index contributed by atoms with van der Waals surface area (Å²) < 4.78 is 42.7. The molecule has 18 heavy (non-hydrogen) atoms. The van der Waals surface area contributed by atoms with Gasteiger partial charge in [0.25, 0.3) is 0 Å². The minimum Gasteiger partial charge on any atom is -0.494 e. The van der Waals surface area contributed by atoms with Crippen molar-refractivity contribution in [2.24, 2.45) is 0 Å². The zero-order valence-electron chi connectivity index (χ0n) is 9.87. The molecule has 0 aromatic heterocycles. The summed E-state index contributed by atoms with van der Waals surface area (Å²) in [5.41, 5.74) is -0.947. The van der Waals surface area contributed by atoms with Crippen LogP contribution in [0.25, 0.3) is 0 Å². The van der Waals surface area contributed by atoms with Gasteiger partial charge in [-0.3, -0.25) is 0 Å². The Labute approximate surface area is 103 Å². The summed E-state index contributed by atoms with van der Waals surface area (Å²) in [7, 11) is -1.86. The average molecular weight is 262 g/mol. The highest BCUT2D eigenvalue weighted by Crippen LogP contribution is 2.30. The second-order valence-electron chi connectivity index (χ2n) is 3.83. The molecule has 0 spiro atoms. The van der Waals surface area contributed by atoms with Crippen molar-refractivity contribution in [1.29, 1.82) is 0 Å². The predicted octanol–water partition coefficient (Wildman–Crippen LogP) is 1.56. The Morgan fingerprint density at radius 3 is 2.44 bits per heavy atom. The van der Waals surface area contributed by atoms with Gasteiger partial charge in [0, 0.05) is 5.46 Å². The van der Waals surface area contributed by atoms with Crippen LogP contribution in [0.5, 0.6) is 5.75 Å². The lowest BCUT2D eigenvalue weighted by molar-refractivity contribution is -0.137. The van der Waals surface area contributed by atoms with Crippen LogP contribution in [0.15, 0.2) is 18.2 Å². The normalized spacial score (nSPS) is 11.4. The largest absolute Gasteiger partial charge is 0.494 e. The molecule has 7 heteroatoms. The molecule has 3 nitrogen and oxygen atoms in total. The van der Waals surface area contributed by atoms with Crippen LogP contribution in [0.2, 0.25) is 0 Å². The van der Waals surface area contributed by atoms with Crippen LogP contribution in [0.1, 0.15) is 25.3 Å². The van der Waals surface area contributed by atoms with Crippen molar-refractivity contribution in [3.05, 3.63) is 23.8 Å². The van der Waals surface area contributed by atoms with Crippen LogP contribution in [-0.4, -0.2) is 23.8 Å². The zero-order chi connectivity index (χ0) is 13.8. The van der Waals surface area contributed by atoms with Gasteiger partial charge < -0.3 is 14.8 Å². The van der Waals surface area contributed by atoms with E-state index >= 15 is 0 Å². The van der Waals surface area contributed by atoms with Gasteiger partial charge in [0.05, 0.1) is 12.2 Å². The van der Waals surface area contributed by atoms with Crippen molar-refractivity contribution < 1.29 is 28.0 Å². The van der Waals surface area contributed by atoms with Crippen LogP contribution < -0.4 is 10.2 Å². The molecule has 0 bridgehead atoms. The molecule has 100 valence electrons. The zero-order valence-corrected chi connectivity index (χ0v) is 9.87. The molecule has 0 saturated heterocycles. The van der Waals surface area contributed by atoms with Gasteiger partial charge in [-0.15, -0.1) is 0 Å². The lowest BCUT2D eigenvalue weighted by atomic mass is 9.79. The van der Waals surface area contributed by atoms with Crippen LogP contribution in [0.4, 0.5) is 13.2 Å². The van der Waals surface area contributed by atoms with E-state index in [1.165, 1.54) is 0 Å². The van der Waals surface area contributed by atoms with E-state index < -0.39 is 18.9 Å². The lowest BCUT2D eigenvalue weighted by Crippen LogP contribution is -2.32. The second kappa shape index (κ2) is 6.11. The van der Waals surface area contributed by atoms with Gasteiger partial charge in [-0.2, -0.15) is 13.2 Å². The molecule has 0 radical (unpaired) electrons. The summed E-state index contributed by atoms with van der Waals surface area (Å²) >= 11 is 0. The molecule has 1 aromatic rings. The van der Waals surface area contributed by atoms with Crippen molar-refractivity contribution in [3.8, 4) is 5.75 Å². The first-order chi connectivity index (χ1) is 8.36. The Hall–Kier alpha value is -1.21. The molecule has 0 amide bonds. The summed E-state index contributed by atoms with van der Waals surface area (Å²) in [6.07, 6.45) is -2.98. The fraction of sp³-hybridized carbons (Fsp3) is 0.455. The third kappa shape index (κ3) is 3.92. The second-order valence-corrected chi connectivity index (χ2v) is 3.83. The van der Waals surface area contributed by atoms with Gasteiger partial charge in [0.1, 0.15) is 5.75 Å². The minimum absolute atomic E-state index is 0.0703. The molecular formula is C11H14BF3O3. The van der Waals surface area contributed by atoms with E-state index in [2.05, 4.69) is 0 Å². The molecular weight excluding hydrogens is 248 g/mol. The number of ether oxygens (including phenoxy) is 1. The van der Waals surface area contributed by atoms with Gasteiger partial charge in [0.15, 0.2) is 0 Å². The number of halogens is 3. The Balaban J connectivity index is 3.00. The van der Waals surface area contributed by atoms with E-state index in [1.807, 2.05) is 6.92 Å². The number of hydrogen-bond donors (Lipinski definition) is 2. The monoisotopic (exact) mass is 262 g/mol. The summed E-state index contributed by atoms with van der Waals surface area (Å²) in [5, 5.41) is 18.1. The molecule has 0 heterocycles. The van der Waals surface area contributed by atoms with E-state index in [1.54, 1.807) is 0 Å². The number of benzene rings is 1. The topological polar surface area (TPSA) is 49.7 Å². The summed E-state index contributed by atoms with van der Waals surface area (Å²) in [4.78, 5) is 0. The highest BCUT2D eigenvalue weighted by molar-refractivity contribution is 6.59. The molecule has 0 fully saturated rings. The molecule has 1 aromatic carbocycles. The molecule has 2 N–H and O–H groups in total. The number of alkyl halides is 3. The van der Waals surface area contributed by atoms with Crippen LogP contribution in [0.3, 0.4) is 0 Å². The van der Waals surface area contributed by atoms with E-state index in [0.29, 0.717) is 6.42 Å². The van der Waals surface area contributed by atoms with Gasteiger partial charge >= 0.3 is 13.3 Å². The van der Waals surface area contributed by atoms with Gasteiger partial charge in [-0.1, -0.05) is 25.5 Å². The number of unbranched alkanes of at least 4 members (excludes halogenated alkanes) is 1. The Morgan fingerprint density at radius 2 is 1.94 bits per heavy atom. The standard InChI is InChI=1S/C11H14BF3O3/c1-2-3-6-18-10-7-8(11(13,14)15)4-5-9(10)12(16)17/h4-5,7,16-17H,2-3,6H2,1H3. The van der Waals surface area contributed by atoms with Crippen LogP contribution in [-0.2, 0) is 6.18 Å². The van der Waals surface area contributed by atoms with Gasteiger partial charge in [0.2, 0.25) is 0 Å². The Morgan fingerprint density at radius 1 is 1.28 bits per heavy atom. The van der Waals surface area contributed by atoms with Crippen molar-refractivity contribution in [2.75, 3.05) is 6.61 Å². The highest BCUT2D eigenvalue weighted by Gasteiger charge is 2.32. The summed E-state index contributed by atoms with van der Waals surface area (Å²) in [5.74, 6) is -0.145. The van der Waals surface area contributed by atoms with Crippen LogP contribution >= 0.6 is 0 Å². The van der Waals surface area contributed by atoms with E-state index in [4.69, 9.17) is 14.8 Å². The Bertz CT molecular complexity index is 394. The molecule has 0 aliphatic heterocycles. The molecule has 1 rings (SSSR count). The smallest absolute Gasteiger partial charge is 0.492 e. The average Bonchev–Trinajstić information content (AvgIpc) is 2.27. The third-order valence-corrected chi connectivity index (χ3v) is 2.37. The predicted molar refractivity (Wildman–Crippen MR) is 61.7 cm³/mol. The maximum absolute atomic E-state index is 12.5. The van der Waals surface area contributed by atoms with Crippen molar-refractivity contribution >= 4 is 12.6 Å². The maximum Gasteiger partial charge on any atom is 0.492 e. The third-order valence-electron chi connectivity index (χ3n) is 2.37. The quantitative estimate of drug-likeness (QED) is 0.625. The minimum atomic E-state index is -4.48. The highest BCUT2D eigenvalue weighted by atomic mass is 19.4. The fourth-order valence-electron chi connectivity index (χ4n) is 1.38. The van der Waals surface area contributed by atoms with Crippen molar-refractivity contribution in [1.82, 2.24) is 0 Å². The molecule has 0 aliphatic carbocycles. The van der Waals surface area contributed by atoms with E-state index in [9.17, 15) is 13.2 Å². The Kier molecular flexibility index (Phi) is 5.04. The molecule has 0 atom stereocenters. The summed E-state index contributed by atoms with van der Waals surface area (Å²) in [6.45, 7) is 2.15. The van der Waals surface area contributed by atoms with Crippen LogP contribution in [0, 0.1) is 0 Å². The first-order valence-electron chi connectivity index (χ1n) is 5.56. The van der Waals surface area contributed by atoms with Crippen molar-refractivity contribution in [2.45, 2.75) is 25.9 Å². The van der Waals surface area contributed by atoms with Crippen molar-refractivity contribution in [3.63, 3.8) is 0 Å². The fourth-order valence-corrected chi connectivity index (χ4v) is 1.38. The van der Waals surface area contributed by atoms with Gasteiger partial charge in [-0.05, 0) is 12.5 Å². The van der Waals surface area contributed by atoms with Gasteiger partial charge in [-0.25, -0.2) is 0 Å². The number of rotatable bonds is 5. The van der Waals surface area contributed by atoms with E-state index in [0.717, 1.165) is 24.6 Å². The first kappa shape index (κ1) is 14.9. The first-order valence-corrected chi connectivity index (χ1v) is 5.56.